The molecule has 0 amide bonds. The summed E-state index contributed by atoms with van der Waals surface area (Å²) in [7, 11) is 1.99. The molecule has 1 rings (SSSR count). The molecule has 1 heterocycles. The van der Waals surface area contributed by atoms with E-state index in [0.717, 1.165) is 6.42 Å². The SMILES string of the molecule is CCC(NC)c1cc[nH]c1. The van der Waals surface area contributed by atoms with Crippen molar-refractivity contribution in [3.05, 3.63) is 24.0 Å². The lowest BCUT2D eigenvalue weighted by molar-refractivity contribution is 0.577. The summed E-state index contributed by atoms with van der Waals surface area (Å²) in [6.07, 6.45) is 5.12. The first-order valence-corrected chi connectivity index (χ1v) is 3.68. The number of rotatable bonds is 3. The van der Waals surface area contributed by atoms with Crippen LogP contribution in [-0.4, -0.2) is 12.0 Å². The second-order valence-corrected chi connectivity index (χ2v) is 2.39. The van der Waals surface area contributed by atoms with Gasteiger partial charge in [-0.25, -0.2) is 0 Å². The molecule has 0 saturated carbocycles. The maximum atomic E-state index is 3.23. The fourth-order valence-electron chi connectivity index (χ4n) is 1.16. The predicted octanol–water partition coefficient (Wildman–Crippen LogP) is 1.69. The van der Waals surface area contributed by atoms with Gasteiger partial charge in [-0.2, -0.15) is 0 Å². The molecular formula is C8H14N2. The topological polar surface area (TPSA) is 27.8 Å². The van der Waals surface area contributed by atoms with Crippen molar-refractivity contribution in [2.45, 2.75) is 19.4 Å². The largest absolute Gasteiger partial charge is 0.367 e. The Morgan fingerprint density at radius 1 is 1.70 bits per heavy atom. The quantitative estimate of drug-likeness (QED) is 0.653. The van der Waals surface area contributed by atoms with E-state index in [1.165, 1.54) is 5.56 Å². The van der Waals surface area contributed by atoms with Crippen molar-refractivity contribution in [2.75, 3.05) is 7.05 Å². The van der Waals surface area contributed by atoms with Gasteiger partial charge in [0.15, 0.2) is 0 Å². The molecule has 56 valence electrons. The molecule has 1 aromatic rings. The van der Waals surface area contributed by atoms with Crippen molar-refractivity contribution in [1.82, 2.24) is 10.3 Å². The first kappa shape index (κ1) is 7.35. The van der Waals surface area contributed by atoms with E-state index in [9.17, 15) is 0 Å². The molecule has 1 atom stereocenters. The number of aromatic amines is 1. The second kappa shape index (κ2) is 3.42. The minimum Gasteiger partial charge on any atom is -0.367 e. The van der Waals surface area contributed by atoms with Gasteiger partial charge in [0.25, 0.3) is 0 Å². The predicted molar refractivity (Wildman–Crippen MR) is 42.9 cm³/mol. The Labute approximate surface area is 61.7 Å². The zero-order valence-electron chi connectivity index (χ0n) is 6.52. The van der Waals surface area contributed by atoms with Gasteiger partial charge in [0.05, 0.1) is 0 Å². The van der Waals surface area contributed by atoms with E-state index in [4.69, 9.17) is 0 Å². The van der Waals surface area contributed by atoms with Gasteiger partial charge in [0.2, 0.25) is 0 Å². The minimum atomic E-state index is 0.506. The first-order chi connectivity index (χ1) is 4.88. The molecule has 0 saturated heterocycles. The minimum absolute atomic E-state index is 0.506. The zero-order valence-corrected chi connectivity index (χ0v) is 6.52. The molecular weight excluding hydrogens is 124 g/mol. The van der Waals surface area contributed by atoms with E-state index in [1.807, 2.05) is 19.4 Å². The van der Waals surface area contributed by atoms with Gasteiger partial charge in [-0.05, 0) is 25.1 Å². The molecule has 0 radical (unpaired) electrons. The first-order valence-electron chi connectivity index (χ1n) is 3.68. The highest BCUT2D eigenvalue weighted by atomic mass is 14.9. The van der Waals surface area contributed by atoms with E-state index in [-0.39, 0.29) is 0 Å². The summed E-state index contributed by atoms with van der Waals surface area (Å²) in [5, 5.41) is 3.23. The molecule has 1 unspecified atom stereocenters. The third-order valence-electron chi connectivity index (χ3n) is 1.78. The molecule has 10 heavy (non-hydrogen) atoms. The molecule has 0 fully saturated rings. The smallest absolute Gasteiger partial charge is 0.0329 e. The second-order valence-electron chi connectivity index (χ2n) is 2.39. The molecule has 0 aliphatic rings. The summed E-state index contributed by atoms with van der Waals surface area (Å²) in [6, 6.07) is 2.61. The maximum Gasteiger partial charge on any atom is 0.0329 e. The van der Waals surface area contributed by atoms with Crippen LogP contribution in [0, 0.1) is 0 Å². The lowest BCUT2D eigenvalue weighted by Crippen LogP contribution is -2.14. The molecule has 2 N–H and O–H groups in total. The van der Waals surface area contributed by atoms with E-state index in [1.54, 1.807) is 0 Å². The fraction of sp³-hybridized carbons (Fsp3) is 0.500. The Morgan fingerprint density at radius 3 is 2.90 bits per heavy atom. The van der Waals surface area contributed by atoms with Crippen LogP contribution in [0.15, 0.2) is 18.5 Å². The number of hydrogen-bond donors (Lipinski definition) is 2. The Kier molecular flexibility index (Phi) is 2.51. The molecule has 2 nitrogen and oxygen atoms in total. The summed E-state index contributed by atoms with van der Waals surface area (Å²) in [4.78, 5) is 3.04. The van der Waals surface area contributed by atoms with Crippen molar-refractivity contribution >= 4 is 0 Å². The van der Waals surface area contributed by atoms with Gasteiger partial charge >= 0.3 is 0 Å². The molecule has 1 aromatic heterocycles. The van der Waals surface area contributed by atoms with Gasteiger partial charge in [-0.3, -0.25) is 0 Å². The number of hydrogen-bond acceptors (Lipinski definition) is 1. The van der Waals surface area contributed by atoms with Crippen LogP contribution in [-0.2, 0) is 0 Å². The lowest BCUT2D eigenvalue weighted by Gasteiger charge is -2.10. The Bertz CT molecular complexity index is 163. The molecule has 0 aliphatic carbocycles. The summed E-state index contributed by atoms with van der Waals surface area (Å²) in [5.74, 6) is 0. The molecule has 0 aliphatic heterocycles. The molecule has 0 bridgehead atoms. The van der Waals surface area contributed by atoms with Crippen molar-refractivity contribution in [3.63, 3.8) is 0 Å². The monoisotopic (exact) mass is 138 g/mol. The summed E-state index contributed by atoms with van der Waals surface area (Å²) in [5.41, 5.74) is 1.34. The average molecular weight is 138 g/mol. The highest BCUT2D eigenvalue weighted by molar-refractivity contribution is 5.13. The third kappa shape index (κ3) is 1.39. The number of aromatic nitrogens is 1. The van der Waals surface area contributed by atoms with Crippen molar-refractivity contribution in [3.8, 4) is 0 Å². The maximum absolute atomic E-state index is 3.23. The third-order valence-corrected chi connectivity index (χ3v) is 1.78. The highest BCUT2D eigenvalue weighted by Crippen LogP contribution is 2.13. The Morgan fingerprint density at radius 2 is 2.50 bits per heavy atom. The molecule has 0 spiro atoms. The van der Waals surface area contributed by atoms with Crippen molar-refractivity contribution in [1.29, 1.82) is 0 Å². The van der Waals surface area contributed by atoms with Gasteiger partial charge < -0.3 is 10.3 Å². The van der Waals surface area contributed by atoms with Crippen LogP contribution in [0.3, 0.4) is 0 Å². The summed E-state index contributed by atoms with van der Waals surface area (Å²) < 4.78 is 0. The summed E-state index contributed by atoms with van der Waals surface area (Å²) in [6.45, 7) is 2.17. The van der Waals surface area contributed by atoms with Gasteiger partial charge in [-0.15, -0.1) is 0 Å². The molecule has 2 heteroatoms. The summed E-state index contributed by atoms with van der Waals surface area (Å²) >= 11 is 0. The van der Waals surface area contributed by atoms with Gasteiger partial charge in [-0.1, -0.05) is 6.92 Å². The van der Waals surface area contributed by atoms with Crippen LogP contribution >= 0.6 is 0 Å². The molecule has 0 aromatic carbocycles. The highest BCUT2D eigenvalue weighted by Gasteiger charge is 2.04. The van der Waals surface area contributed by atoms with Crippen molar-refractivity contribution < 1.29 is 0 Å². The van der Waals surface area contributed by atoms with E-state index in [0.29, 0.717) is 6.04 Å². The lowest BCUT2D eigenvalue weighted by atomic mass is 10.1. The van der Waals surface area contributed by atoms with Crippen LogP contribution < -0.4 is 5.32 Å². The van der Waals surface area contributed by atoms with E-state index < -0.39 is 0 Å². The Balaban J connectivity index is 2.64. The van der Waals surface area contributed by atoms with Crippen LogP contribution in [0.2, 0.25) is 0 Å². The van der Waals surface area contributed by atoms with E-state index in [2.05, 4.69) is 23.3 Å². The standard InChI is InChI=1S/C8H14N2/c1-3-8(9-2)7-4-5-10-6-7/h4-6,8-10H,3H2,1-2H3. The zero-order chi connectivity index (χ0) is 7.40. The van der Waals surface area contributed by atoms with Crippen LogP contribution in [0.5, 0.6) is 0 Å². The number of H-pyrrole nitrogens is 1. The average Bonchev–Trinajstić information content (AvgIpc) is 2.43. The van der Waals surface area contributed by atoms with Crippen molar-refractivity contribution in [2.24, 2.45) is 0 Å². The van der Waals surface area contributed by atoms with E-state index >= 15 is 0 Å². The normalized spacial score (nSPS) is 13.4. The fourth-order valence-corrected chi connectivity index (χ4v) is 1.16. The van der Waals surface area contributed by atoms with Gasteiger partial charge in [0.1, 0.15) is 0 Å². The van der Waals surface area contributed by atoms with Crippen LogP contribution in [0.1, 0.15) is 24.9 Å². The Hall–Kier alpha value is -0.760. The van der Waals surface area contributed by atoms with Gasteiger partial charge in [0, 0.05) is 18.4 Å². The number of nitrogens with one attached hydrogen (secondary N) is 2. The van der Waals surface area contributed by atoms with Crippen LogP contribution in [0.25, 0.3) is 0 Å². The van der Waals surface area contributed by atoms with Crippen LogP contribution in [0.4, 0.5) is 0 Å².